The van der Waals surface area contributed by atoms with Gasteiger partial charge < -0.3 is 5.73 Å². The number of nitrogens with two attached hydrogens (primary N) is 1. The zero-order valence-corrected chi connectivity index (χ0v) is 16.3. The normalized spacial score (nSPS) is 17.8. The largest absolute Gasteiger partial charge is 0.416 e. The molecule has 0 aliphatic carbocycles. The van der Waals surface area contributed by atoms with Gasteiger partial charge in [-0.3, -0.25) is 9.88 Å². The lowest BCUT2D eigenvalue weighted by atomic mass is 9.88. The summed E-state index contributed by atoms with van der Waals surface area (Å²) in [4.78, 5) is 6.30. The van der Waals surface area contributed by atoms with Crippen LogP contribution in [0.15, 0.2) is 42.7 Å². The van der Waals surface area contributed by atoms with Crippen molar-refractivity contribution in [2.24, 2.45) is 5.73 Å². The van der Waals surface area contributed by atoms with Crippen LogP contribution in [0.25, 0.3) is 5.70 Å². The molecule has 0 saturated carbocycles. The minimum atomic E-state index is -4.35. The fraction of sp³-hybridized carbons (Fsp3) is 0.409. The van der Waals surface area contributed by atoms with Gasteiger partial charge in [-0.25, -0.2) is 0 Å². The Morgan fingerprint density at radius 3 is 2.68 bits per heavy atom. The van der Waals surface area contributed by atoms with Crippen molar-refractivity contribution in [3.05, 3.63) is 70.6 Å². The predicted molar refractivity (Wildman–Crippen MR) is 106 cm³/mol. The lowest BCUT2D eigenvalue weighted by Gasteiger charge is -2.30. The molecule has 2 aromatic rings. The molecule has 2 N–H and O–H groups in total. The van der Waals surface area contributed by atoms with Gasteiger partial charge in [-0.1, -0.05) is 25.8 Å². The molecule has 1 unspecified atom stereocenters. The van der Waals surface area contributed by atoms with Crippen molar-refractivity contribution >= 4 is 5.70 Å². The van der Waals surface area contributed by atoms with Gasteiger partial charge in [-0.05, 0) is 60.9 Å². The van der Waals surface area contributed by atoms with Crippen LogP contribution < -0.4 is 5.73 Å². The van der Waals surface area contributed by atoms with Gasteiger partial charge in [-0.2, -0.15) is 13.2 Å². The highest BCUT2D eigenvalue weighted by Gasteiger charge is 2.33. The van der Waals surface area contributed by atoms with Crippen molar-refractivity contribution < 1.29 is 13.2 Å². The topological polar surface area (TPSA) is 42.1 Å². The molecule has 3 nitrogen and oxygen atoms in total. The second-order valence-corrected chi connectivity index (χ2v) is 7.33. The summed E-state index contributed by atoms with van der Waals surface area (Å²) in [5.41, 5.74) is 9.74. The molecule has 0 bridgehead atoms. The SMILES string of the molecule is CCCCCc1cc(C(F)(F)F)ccc1C1c2ccncc2C(N)=CCN1C. The van der Waals surface area contributed by atoms with Crippen LogP contribution in [0.4, 0.5) is 13.2 Å². The number of alkyl halides is 3. The first-order chi connectivity index (χ1) is 13.3. The molecule has 1 aromatic heterocycles. The minimum Gasteiger partial charge on any atom is -0.398 e. The van der Waals surface area contributed by atoms with Gasteiger partial charge in [-0.15, -0.1) is 0 Å². The van der Waals surface area contributed by atoms with Crippen LogP contribution in [0.5, 0.6) is 0 Å². The lowest BCUT2D eigenvalue weighted by Crippen LogP contribution is -2.26. The fourth-order valence-electron chi connectivity index (χ4n) is 3.82. The molecule has 3 rings (SSSR count). The first-order valence-corrected chi connectivity index (χ1v) is 9.63. The van der Waals surface area contributed by atoms with Crippen LogP contribution in [-0.4, -0.2) is 23.5 Å². The molecule has 6 heteroatoms. The molecular weight excluding hydrogens is 363 g/mol. The third-order valence-corrected chi connectivity index (χ3v) is 5.31. The Morgan fingerprint density at radius 2 is 1.96 bits per heavy atom. The highest BCUT2D eigenvalue weighted by atomic mass is 19.4. The van der Waals surface area contributed by atoms with E-state index in [1.54, 1.807) is 18.5 Å². The molecule has 1 aliphatic heterocycles. The van der Waals surface area contributed by atoms with Crippen LogP contribution in [0.1, 0.15) is 60.0 Å². The van der Waals surface area contributed by atoms with E-state index in [1.165, 1.54) is 12.1 Å². The Labute approximate surface area is 164 Å². The van der Waals surface area contributed by atoms with Crippen LogP contribution in [0, 0.1) is 0 Å². The number of fused-ring (bicyclic) bond motifs is 1. The molecule has 0 radical (unpaired) electrons. The molecule has 2 heterocycles. The second kappa shape index (κ2) is 8.35. The van der Waals surface area contributed by atoms with E-state index in [9.17, 15) is 13.2 Å². The average molecular weight is 389 g/mol. The van der Waals surface area contributed by atoms with Crippen molar-refractivity contribution in [3.63, 3.8) is 0 Å². The summed E-state index contributed by atoms with van der Waals surface area (Å²) in [6.45, 7) is 2.70. The summed E-state index contributed by atoms with van der Waals surface area (Å²) in [7, 11) is 1.97. The molecule has 0 spiro atoms. The predicted octanol–water partition coefficient (Wildman–Crippen LogP) is 5.17. The molecule has 28 heavy (non-hydrogen) atoms. The zero-order valence-electron chi connectivity index (χ0n) is 16.3. The highest BCUT2D eigenvalue weighted by molar-refractivity contribution is 5.67. The van der Waals surface area contributed by atoms with Crippen molar-refractivity contribution in [2.75, 3.05) is 13.6 Å². The Balaban J connectivity index is 2.11. The number of hydrogen-bond donors (Lipinski definition) is 1. The van der Waals surface area contributed by atoms with Gasteiger partial charge in [0.15, 0.2) is 0 Å². The third kappa shape index (κ3) is 4.22. The van der Waals surface area contributed by atoms with Gasteiger partial charge in [0.25, 0.3) is 0 Å². The number of unbranched alkanes of at least 4 members (excludes halogenated alkanes) is 2. The summed E-state index contributed by atoms with van der Waals surface area (Å²) in [6.07, 6.45) is 4.53. The molecular formula is C22H26F3N3. The average Bonchev–Trinajstić information content (AvgIpc) is 2.78. The zero-order chi connectivity index (χ0) is 20.3. The Morgan fingerprint density at radius 1 is 1.18 bits per heavy atom. The standard InChI is InChI=1S/C22H26F3N3/c1-3-4-5-6-15-13-16(22(23,24)25)7-8-17(15)21-18-9-11-27-14-19(18)20(26)10-12-28(21)2/h7-11,13-14,21H,3-6,12,26H2,1-2H3. The third-order valence-electron chi connectivity index (χ3n) is 5.31. The Kier molecular flexibility index (Phi) is 6.08. The van der Waals surface area contributed by atoms with E-state index >= 15 is 0 Å². The number of aryl methyl sites for hydroxylation is 1. The van der Waals surface area contributed by atoms with Gasteiger partial charge in [0.1, 0.15) is 0 Å². The quantitative estimate of drug-likeness (QED) is 0.718. The number of halogens is 3. The summed E-state index contributed by atoms with van der Waals surface area (Å²) >= 11 is 0. The van der Waals surface area contributed by atoms with E-state index in [0.29, 0.717) is 18.7 Å². The highest BCUT2D eigenvalue weighted by Crippen LogP contribution is 2.38. The number of rotatable bonds is 5. The number of nitrogens with zero attached hydrogens (tertiary/aromatic N) is 2. The summed E-state index contributed by atoms with van der Waals surface area (Å²) < 4.78 is 40.0. The number of hydrogen-bond acceptors (Lipinski definition) is 3. The van der Waals surface area contributed by atoms with E-state index in [-0.39, 0.29) is 6.04 Å². The van der Waals surface area contributed by atoms with E-state index in [0.717, 1.165) is 41.5 Å². The van der Waals surface area contributed by atoms with Gasteiger partial charge in [0, 0.05) is 30.2 Å². The monoisotopic (exact) mass is 389 g/mol. The maximum absolute atomic E-state index is 13.3. The number of aromatic nitrogens is 1. The van der Waals surface area contributed by atoms with Gasteiger partial charge in [0.2, 0.25) is 0 Å². The second-order valence-electron chi connectivity index (χ2n) is 7.33. The van der Waals surface area contributed by atoms with Gasteiger partial charge >= 0.3 is 6.18 Å². The number of pyridine rings is 1. The summed E-state index contributed by atoms with van der Waals surface area (Å²) in [5, 5.41) is 0. The van der Waals surface area contributed by atoms with Crippen molar-refractivity contribution in [2.45, 2.75) is 44.8 Å². The summed E-state index contributed by atoms with van der Waals surface area (Å²) in [5.74, 6) is 0. The van der Waals surface area contributed by atoms with Crippen LogP contribution in [0.3, 0.4) is 0 Å². The van der Waals surface area contributed by atoms with E-state index in [2.05, 4.69) is 16.8 Å². The van der Waals surface area contributed by atoms with Crippen LogP contribution in [-0.2, 0) is 12.6 Å². The van der Waals surface area contributed by atoms with Crippen LogP contribution in [0.2, 0.25) is 0 Å². The smallest absolute Gasteiger partial charge is 0.398 e. The number of benzene rings is 1. The molecule has 0 saturated heterocycles. The van der Waals surface area contributed by atoms with Crippen molar-refractivity contribution in [3.8, 4) is 0 Å². The maximum atomic E-state index is 13.3. The Hall–Kier alpha value is -2.34. The van der Waals surface area contributed by atoms with Crippen molar-refractivity contribution in [1.29, 1.82) is 0 Å². The molecule has 150 valence electrons. The number of likely N-dealkylation sites (N-methyl/N-ethyl adjacent to an activating group) is 1. The molecule has 1 aromatic carbocycles. The molecule has 0 fully saturated rings. The maximum Gasteiger partial charge on any atom is 0.416 e. The van der Waals surface area contributed by atoms with E-state index < -0.39 is 11.7 Å². The lowest BCUT2D eigenvalue weighted by molar-refractivity contribution is -0.137. The van der Waals surface area contributed by atoms with E-state index in [1.807, 2.05) is 19.2 Å². The first kappa shape index (κ1) is 20.4. The molecule has 0 amide bonds. The minimum absolute atomic E-state index is 0.172. The fourth-order valence-corrected chi connectivity index (χ4v) is 3.82. The summed E-state index contributed by atoms with van der Waals surface area (Å²) in [6, 6.07) is 5.89. The van der Waals surface area contributed by atoms with Crippen molar-refractivity contribution in [1.82, 2.24) is 9.88 Å². The molecule has 1 aliphatic rings. The first-order valence-electron chi connectivity index (χ1n) is 9.63. The van der Waals surface area contributed by atoms with E-state index in [4.69, 9.17) is 5.73 Å². The van der Waals surface area contributed by atoms with Crippen LogP contribution >= 0.6 is 0 Å². The Bertz CT molecular complexity index is 858. The van der Waals surface area contributed by atoms with Gasteiger partial charge in [0.05, 0.1) is 11.6 Å². The molecule has 1 atom stereocenters.